The smallest absolute Gasteiger partial charge is 0.256 e. The summed E-state index contributed by atoms with van der Waals surface area (Å²) in [5, 5.41) is 1.35. The van der Waals surface area contributed by atoms with Gasteiger partial charge in [-0.2, -0.15) is 0 Å². The highest BCUT2D eigenvalue weighted by molar-refractivity contribution is 8.93. The van der Waals surface area contributed by atoms with Crippen molar-refractivity contribution >= 4 is 33.4 Å². The first-order valence-electron chi connectivity index (χ1n) is 6.25. The van der Waals surface area contributed by atoms with Crippen LogP contribution in [-0.2, 0) is 0 Å². The van der Waals surface area contributed by atoms with E-state index in [-0.39, 0.29) is 22.5 Å². The van der Waals surface area contributed by atoms with E-state index in [4.69, 9.17) is 10.5 Å². The van der Waals surface area contributed by atoms with Crippen molar-refractivity contribution in [3.63, 3.8) is 0 Å². The highest BCUT2D eigenvalue weighted by Crippen LogP contribution is 2.25. The molecule has 1 heterocycles. The number of aromatic nitrogens is 1. The van der Waals surface area contributed by atoms with Gasteiger partial charge in [-0.1, -0.05) is 18.2 Å². The number of hydrogen-bond acceptors (Lipinski definition) is 3. The first-order chi connectivity index (χ1) is 9.69. The zero-order valence-electron chi connectivity index (χ0n) is 11.4. The van der Waals surface area contributed by atoms with E-state index in [1.54, 1.807) is 25.3 Å². The van der Waals surface area contributed by atoms with Crippen molar-refractivity contribution in [2.45, 2.75) is 0 Å². The third-order valence-electron chi connectivity index (χ3n) is 3.30. The van der Waals surface area contributed by atoms with Gasteiger partial charge in [0.15, 0.2) is 0 Å². The highest BCUT2D eigenvalue weighted by Gasteiger charge is 2.06. The fourth-order valence-electron chi connectivity index (χ4n) is 2.26. The van der Waals surface area contributed by atoms with Crippen molar-refractivity contribution < 1.29 is 4.74 Å². The molecule has 1 aromatic heterocycles. The quantitative estimate of drug-likeness (QED) is 0.699. The molecule has 0 amide bonds. The molecule has 3 rings (SSSR count). The van der Waals surface area contributed by atoms with E-state index < -0.39 is 0 Å². The fourth-order valence-corrected chi connectivity index (χ4v) is 2.26. The number of anilines is 1. The van der Waals surface area contributed by atoms with Crippen LogP contribution in [0.2, 0.25) is 0 Å². The summed E-state index contributed by atoms with van der Waals surface area (Å²) in [6, 6.07) is 14.7. The first kappa shape index (κ1) is 15.1. The number of benzene rings is 2. The summed E-state index contributed by atoms with van der Waals surface area (Å²) in [5.74, 6) is 0.740. The van der Waals surface area contributed by atoms with Gasteiger partial charge in [0, 0.05) is 27.7 Å². The molecule has 0 saturated heterocycles. The van der Waals surface area contributed by atoms with Gasteiger partial charge < -0.3 is 15.5 Å². The van der Waals surface area contributed by atoms with Crippen LogP contribution in [0.5, 0.6) is 5.75 Å². The number of rotatable bonds is 2. The molecule has 0 aliphatic heterocycles. The minimum atomic E-state index is -0.146. The summed E-state index contributed by atoms with van der Waals surface area (Å²) in [6.45, 7) is 0. The van der Waals surface area contributed by atoms with E-state index in [0.29, 0.717) is 11.1 Å². The molecule has 0 aliphatic carbocycles. The van der Waals surface area contributed by atoms with E-state index >= 15 is 0 Å². The predicted octanol–water partition coefficient (Wildman–Crippen LogP) is 3.36. The number of methoxy groups -OCH3 is 1. The zero-order chi connectivity index (χ0) is 14.1. The van der Waals surface area contributed by atoms with Gasteiger partial charge in [-0.25, -0.2) is 0 Å². The van der Waals surface area contributed by atoms with E-state index in [0.717, 1.165) is 22.4 Å². The lowest BCUT2D eigenvalue weighted by molar-refractivity contribution is 0.415. The van der Waals surface area contributed by atoms with Crippen molar-refractivity contribution in [1.29, 1.82) is 0 Å². The third-order valence-corrected chi connectivity index (χ3v) is 3.30. The molecule has 3 N–H and O–H groups in total. The minimum absolute atomic E-state index is 0. The van der Waals surface area contributed by atoms with Crippen LogP contribution in [0.15, 0.2) is 53.3 Å². The first-order valence-corrected chi connectivity index (χ1v) is 6.25. The normalized spacial score (nSPS) is 10.1. The monoisotopic (exact) mass is 346 g/mol. The second kappa shape index (κ2) is 6.01. The standard InChI is InChI=1S/C16H14N2O2.BrH/c1-20-11-5-2-4-10(8-11)15-9-13-12(16(19)18-15)6-3-7-14(13)17;/h2-9H,17H2,1H3,(H,18,19);1H. The van der Waals surface area contributed by atoms with Gasteiger partial charge in [0.2, 0.25) is 0 Å². The lowest BCUT2D eigenvalue weighted by Crippen LogP contribution is -2.08. The van der Waals surface area contributed by atoms with Crippen LogP contribution in [0.4, 0.5) is 5.69 Å². The second-order valence-corrected chi connectivity index (χ2v) is 4.55. The van der Waals surface area contributed by atoms with Gasteiger partial charge >= 0.3 is 0 Å². The summed E-state index contributed by atoms with van der Waals surface area (Å²) in [6.07, 6.45) is 0. The number of fused-ring (bicyclic) bond motifs is 1. The summed E-state index contributed by atoms with van der Waals surface area (Å²) < 4.78 is 5.20. The number of pyridine rings is 1. The number of nitrogens with one attached hydrogen (secondary N) is 1. The molecule has 0 radical (unpaired) electrons. The molecule has 0 saturated carbocycles. The average Bonchev–Trinajstić information content (AvgIpc) is 2.48. The summed E-state index contributed by atoms with van der Waals surface area (Å²) in [5.41, 5.74) is 8.00. The van der Waals surface area contributed by atoms with Gasteiger partial charge in [0.1, 0.15) is 5.75 Å². The maximum Gasteiger partial charge on any atom is 0.256 e. The van der Waals surface area contributed by atoms with Crippen LogP contribution in [0.1, 0.15) is 0 Å². The molecule has 21 heavy (non-hydrogen) atoms. The van der Waals surface area contributed by atoms with Crippen molar-refractivity contribution in [3.8, 4) is 17.0 Å². The van der Waals surface area contributed by atoms with E-state index in [1.807, 2.05) is 30.3 Å². The molecular formula is C16H15BrN2O2. The zero-order valence-corrected chi connectivity index (χ0v) is 13.1. The molecule has 0 spiro atoms. The van der Waals surface area contributed by atoms with Crippen molar-refractivity contribution in [2.75, 3.05) is 12.8 Å². The van der Waals surface area contributed by atoms with Crippen molar-refractivity contribution in [2.24, 2.45) is 0 Å². The Bertz CT molecular complexity index is 843. The predicted molar refractivity (Wildman–Crippen MR) is 91.3 cm³/mol. The second-order valence-electron chi connectivity index (χ2n) is 4.55. The molecule has 108 valence electrons. The van der Waals surface area contributed by atoms with Crippen molar-refractivity contribution in [3.05, 3.63) is 58.9 Å². The van der Waals surface area contributed by atoms with E-state index in [9.17, 15) is 4.79 Å². The number of H-pyrrole nitrogens is 1. The molecule has 0 unspecified atom stereocenters. The largest absolute Gasteiger partial charge is 0.497 e. The fraction of sp³-hybridized carbons (Fsp3) is 0.0625. The summed E-state index contributed by atoms with van der Waals surface area (Å²) >= 11 is 0. The molecule has 4 nitrogen and oxygen atoms in total. The number of nitrogen functional groups attached to an aromatic ring is 1. The van der Waals surface area contributed by atoms with Crippen molar-refractivity contribution in [1.82, 2.24) is 4.98 Å². The Balaban J connectivity index is 0.00000161. The number of aromatic amines is 1. The van der Waals surface area contributed by atoms with Crippen LogP contribution in [-0.4, -0.2) is 12.1 Å². The van der Waals surface area contributed by atoms with E-state index in [1.165, 1.54) is 0 Å². The Morgan fingerprint density at radius 3 is 2.57 bits per heavy atom. The van der Waals surface area contributed by atoms with Crippen LogP contribution < -0.4 is 16.0 Å². The summed E-state index contributed by atoms with van der Waals surface area (Å²) in [7, 11) is 1.61. The molecule has 0 fully saturated rings. The van der Waals surface area contributed by atoms with E-state index in [2.05, 4.69) is 4.98 Å². The highest BCUT2D eigenvalue weighted by atomic mass is 79.9. The summed E-state index contributed by atoms with van der Waals surface area (Å²) in [4.78, 5) is 15.0. The third kappa shape index (κ3) is 2.78. The van der Waals surface area contributed by atoms with Crippen LogP contribution in [0, 0.1) is 0 Å². The molecule has 0 bridgehead atoms. The molecular weight excluding hydrogens is 332 g/mol. The Morgan fingerprint density at radius 2 is 1.81 bits per heavy atom. The van der Waals surface area contributed by atoms with Crippen LogP contribution in [0.3, 0.4) is 0 Å². The number of hydrogen-bond donors (Lipinski definition) is 2. The topological polar surface area (TPSA) is 68.1 Å². The van der Waals surface area contributed by atoms with Gasteiger partial charge in [0.25, 0.3) is 5.56 Å². The Hall–Kier alpha value is -2.27. The Labute approximate surface area is 132 Å². The lowest BCUT2D eigenvalue weighted by atomic mass is 10.1. The molecule has 0 atom stereocenters. The lowest BCUT2D eigenvalue weighted by Gasteiger charge is -2.07. The number of ether oxygens (including phenoxy) is 1. The van der Waals surface area contributed by atoms with Crippen LogP contribution >= 0.6 is 17.0 Å². The van der Waals surface area contributed by atoms with Gasteiger partial charge in [-0.3, -0.25) is 4.79 Å². The average molecular weight is 347 g/mol. The van der Waals surface area contributed by atoms with Gasteiger partial charge in [-0.05, 0) is 30.3 Å². The SMILES string of the molecule is Br.COc1cccc(-c2cc3c(N)cccc3c(=O)[nH]2)c1. The van der Waals surface area contributed by atoms with Gasteiger partial charge in [0.05, 0.1) is 7.11 Å². The molecule has 0 aliphatic rings. The maximum absolute atomic E-state index is 12.1. The Morgan fingerprint density at radius 1 is 1.05 bits per heavy atom. The molecule has 2 aromatic carbocycles. The van der Waals surface area contributed by atoms with Gasteiger partial charge in [-0.15, -0.1) is 17.0 Å². The molecule has 3 aromatic rings. The maximum atomic E-state index is 12.1. The number of halogens is 1. The minimum Gasteiger partial charge on any atom is -0.497 e. The molecule has 5 heteroatoms. The number of nitrogens with two attached hydrogens (primary N) is 1. The Kier molecular flexibility index (Phi) is 4.33. The van der Waals surface area contributed by atoms with Crippen LogP contribution in [0.25, 0.3) is 22.0 Å².